The fraction of sp³-hybridized carbons (Fsp3) is 0.727. The Labute approximate surface area is 90.9 Å². The van der Waals surface area contributed by atoms with E-state index in [1.165, 1.54) is 0 Å². The monoisotopic (exact) mass is 215 g/mol. The second-order valence-corrected chi connectivity index (χ2v) is 5.02. The highest BCUT2D eigenvalue weighted by molar-refractivity contribution is 6.27. The van der Waals surface area contributed by atoms with Crippen molar-refractivity contribution in [2.75, 3.05) is 12.9 Å². The number of rotatable bonds is 2. The minimum Gasteiger partial charge on any atom is -0.318 e. The summed E-state index contributed by atoms with van der Waals surface area (Å²) in [6.45, 7) is 6.53. The molecule has 80 valence electrons. The molecule has 0 bridgehead atoms. The van der Waals surface area contributed by atoms with Crippen LogP contribution in [-0.2, 0) is 4.79 Å². The molecular formula is C11H18ClNO. The summed E-state index contributed by atoms with van der Waals surface area (Å²) in [6.07, 6.45) is 3.28. The maximum atomic E-state index is 11.4. The number of hydrogen-bond acceptors (Lipinski definition) is 1. The molecule has 1 rings (SSSR count). The largest absolute Gasteiger partial charge is 0.318 e. The van der Waals surface area contributed by atoms with E-state index in [2.05, 4.69) is 26.8 Å². The number of allylic oxidation sites excluding steroid dienone is 2. The van der Waals surface area contributed by atoms with Gasteiger partial charge >= 0.3 is 0 Å². The van der Waals surface area contributed by atoms with Gasteiger partial charge in [-0.3, -0.25) is 4.79 Å². The van der Waals surface area contributed by atoms with Gasteiger partial charge in [-0.25, -0.2) is 0 Å². The van der Waals surface area contributed by atoms with E-state index in [1.807, 2.05) is 0 Å². The van der Waals surface area contributed by atoms with Crippen molar-refractivity contribution in [3.63, 3.8) is 0 Å². The van der Waals surface area contributed by atoms with Gasteiger partial charge in [0.1, 0.15) is 5.88 Å². The quantitative estimate of drug-likeness (QED) is 0.649. The van der Waals surface area contributed by atoms with Gasteiger partial charge in [-0.05, 0) is 17.8 Å². The zero-order valence-corrected chi connectivity index (χ0v) is 10.1. The van der Waals surface area contributed by atoms with Crippen molar-refractivity contribution in [1.29, 1.82) is 0 Å². The number of halogens is 1. The van der Waals surface area contributed by atoms with Crippen molar-refractivity contribution in [3.8, 4) is 0 Å². The topological polar surface area (TPSA) is 20.3 Å². The van der Waals surface area contributed by atoms with Crippen LogP contribution in [0.4, 0.5) is 0 Å². The molecular weight excluding hydrogens is 198 g/mol. The second-order valence-electron chi connectivity index (χ2n) is 4.75. The number of carbonyl (C=O) groups excluding carboxylic acids is 1. The zero-order valence-electron chi connectivity index (χ0n) is 9.30. The van der Waals surface area contributed by atoms with Crippen LogP contribution >= 0.6 is 11.6 Å². The first-order valence-corrected chi connectivity index (χ1v) is 5.46. The van der Waals surface area contributed by atoms with E-state index in [-0.39, 0.29) is 17.2 Å². The molecule has 14 heavy (non-hydrogen) atoms. The van der Waals surface area contributed by atoms with E-state index in [0.717, 1.165) is 12.1 Å². The molecule has 3 heteroatoms. The molecule has 0 heterocycles. The first-order chi connectivity index (χ1) is 6.37. The lowest BCUT2D eigenvalue weighted by Gasteiger charge is -2.21. The summed E-state index contributed by atoms with van der Waals surface area (Å²) in [4.78, 5) is 13.1. The van der Waals surface area contributed by atoms with E-state index in [0.29, 0.717) is 5.92 Å². The number of carbonyl (C=O) groups is 1. The first kappa shape index (κ1) is 11.6. The van der Waals surface area contributed by atoms with Crippen molar-refractivity contribution in [3.05, 3.63) is 11.8 Å². The molecule has 0 aliphatic heterocycles. The van der Waals surface area contributed by atoms with Gasteiger partial charge in [0.2, 0.25) is 5.91 Å². The Hall–Kier alpha value is -0.500. The van der Waals surface area contributed by atoms with Gasteiger partial charge in [0.05, 0.1) is 0 Å². The van der Waals surface area contributed by atoms with Gasteiger partial charge < -0.3 is 4.90 Å². The summed E-state index contributed by atoms with van der Waals surface area (Å²) < 4.78 is 0. The molecule has 1 atom stereocenters. The third-order valence-corrected chi connectivity index (χ3v) is 2.98. The molecule has 0 radical (unpaired) electrons. The maximum Gasteiger partial charge on any atom is 0.241 e. The van der Waals surface area contributed by atoms with E-state index >= 15 is 0 Å². The van der Waals surface area contributed by atoms with Gasteiger partial charge in [-0.1, -0.05) is 26.8 Å². The third kappa shape index (κ3) is 2.30. The molecule has 1 unspecified atom stereocenters. The number of hydrogen-bond donors (Lipinski definition) is 0. The number of amides is 1. The molecule has 0 N–H and O–H groups in total. The lowest BCUT2D eigenvalue weighted by Crippen LogP contribution is -2.28. The smallest absolute Gasteiger partial charge is 0.241 e. The Morgan fingerprint density at radius 1 is 1.71 bits per heavy atom. The summed E-state index contributed by atoms with van der Waals surface area (Å²) in [5, 5.41) is 0. The van der Waals surface area contributed by atoms with E-state index in [4.69, 9.17) is 11.6 Å². The third-order valence-electron chi connectivity index (χ3n) is 2.75. The van der Waals surface area contributed by atoms with Gasteiger partial charge in [-0.2, -0.15) is 0 Å². The van der Waals surface area contributed by atoms with Crippen LogP contribution < -0.4 is 0 Å². The molecule has 0 aromatic carbocycles. The van der Waals surface area contributed by atoms with Crippen LogP contribution in [0.3, 0.4) is 0 Å². The normalized spacial score (nSPS) is 24.6. The molecule has 2 nitrogen and oxygen atoms in total. The van der Waals surface area contributed by atoms with Crippen LogP contribution in [0.15, 0.2) is 11.8 Å². The molecule has 0 fully saturated rings. The molecule has 0 spiro atoms. The molecule has 1 aliphatic carbocycles. The zero-order chi connectivity index (χ0) is 10.9. The standard InChI is InChI=1S/C11H18ClNO/c1-8-5-11(2,3)6-9(8)13(4)10(14)7-12/h6,8H,5,7H2,1-4H3. The highest BCUT2D eigenvalue weighted by Crippen LogP contribution is 2.40. The minimum absolute atomic E-state index is 0.0255. The van der Waals surface area contributed by atoms with Crippen LogP contribution in [0.2, 0.25) is 0 Å². The summed E-state index contributed by atoms with van der Waals surface area (Å²) in [7, 11) is 1.80. The van der Waals surface area contributed by atoms with Gasteiger partial charge in [-0.15, -0.1) is 11.6 Å². The Kier molecular flexibility index (Phi) is 3.25. The fourth-order valence-corrected chi connectivity index (χ4v) is 2.34. The van der Waals surface area contributed by atoms with Gasteiger partial charge in [0, 0.05) is 12.7 Å². The average Bonchev–Trinajstić information content (AvgIpc) is 2.37. The van der Waals surface area contributed by atoms with E-state index in [1.54, 1.807) is 11.9 Å². The van der Waals surface area contributed by atoms with Crippen molar-refractivity contribution >= 4 is 17.5 Å². The molecule has 0 aromatic rings. The molecule has 0 saturated heterocycles. The van der Waals surface area contributed by atoms with Gasteiger partial charge in [0.15, 0.2) is 0 Å². The number of nitrogens with zero attached hydrogens (tertiary/aromatic N) is 1. The maximum absolute atomic E-state index is 11.4. The van der Waals surface area contributed by atoms with Crippen LogP contribution in [-0.4, -0.2) is 23.7 Å². The summed E-state index contributed by atoms with van der Waals surface area (Å²) >= 11 is 5.53. The average molecular weight is 216 g/mol. The molecule has 0 aromatic heterocycles. The molecule has 1 aliphatic rings. The Morgan fingerprint density at radius 3 is 2.64 bits per heavy atom. The first-order valence-electron chi connectivity index (χ1n) is 4.92. The second kappa shape index (κ2) is 3.93. The summed E-state index contributed by atoms with van der Waals surface area (Å²) in [5.41, 5.74) is 1.32. The van der Waals surface area contributed by atoms with E-state index < -0.39 is 0 Å². The highest BCUT2D eigenvalue weighted by atomic mass is 35.5. The Balaban J connectivity index is 2.83. The molecule has 0 saturated carbocycles. The predicted octanol–water partition coefficient (Wildman–Crippen LogP) is 2.63. The van der Waals surface area contributed by atoms with Crippen molar-refractivity contribution < 1.29 is 4.79 Å². The van der Waals surface area contributed by atoms with Crippen LogP contribution in [0.5, 0.6) is 0 Å². The van der Waals surface area contributed by atoms with Crippen LogP contribution in [0.25, 0.3) is 0 Å². The minimum atomic E-state index is -0.0255. The Morgan fingerprint density at radius 2 is 2.29 bits per heavy atom. The SMILES string of the molecule is CC1CC(C)(C)C=C1N(C)C(=O)CCl. The van der Waals surface area contributed by atoms with Gasteiger partial charge in [0.25, 0.3) is 0 Å². The van der Waals surface area contributed by atoms with E-state index in [9.17, 15) is 4.79 Å². The fourth-order valence-electron chi connectivity index (χ4n) is 2.16. The van der Waals surface area contributed by atoms with Crippen molar-refractivity contribution in [2.45, 2.75) is 27.2 Å². The highest BCUT2D eigenvalue weighted by Gasteiger charge is 2.32. The summed E-state index contributed by atoms with van der Waals surface area (Å²) in [5.74, 6) is 0.477. The van der Waals surface area contributed by atoms with Crippen molar-refractivity contribution in [2.24, 2.45) is 11.3 Å². The number of alkyl halides is 1. The lowest BCUT2D eigenvalue weighted by molar-refractivity contribution is -0.125. The molecule has 1 amide bonds. The predicted molar refractivity (Wildman–Crippen MR) is 59.1 cm³/mol. The van der Waals surface area contributed by atoms with Crippen molar-refractivity contribution in [1.82, 2.24) is 4.90 Å². The lowest BCUT2D eigenvalue weighted by atomic mass is 9.91. The Bertz CT molecular complexity index is 270. The summed E-state index contributed by atoms with van der Waals surface area (Å²) in [6, 6.07) is 0. The van der Waals surface area contributed by atoms with Crippen LogP contribution in [0, 0.1) is 11.3 Å². The van der Waals surface area contributed by atoms with Crippen LogP contribution in [0.1, 0.15) is 27.2 Å².